The molecule has 4 unspecified atom stereocenters. The molecule has 0 spiro atoms. The van der Waals surface area contributed by atoms with Gasteiger partial charge in [-0.2, -0.15) is 0 Å². The Morgan fingerprint density at radius 1 is 1.53 bits per heavy atom. The van der Waals surface area contributed by atoms with E-state index in [1.165, 1.54) is 11.3 Å². The van der Waals surface area contributed by atoms with E-state index in [2.05, 4.69) is 23.7 Å². The maximum atomic E-state index is 12.1. The summed E-state index contributed by atoms with van der Waals surface area (Å²) in [5, 5.41) is 5.46. The monoisotopic (exact) mass is 250 g/mol. The van der Waals surface area contributed by atoms with Crippen molar-refractivity contribution in [2.24, 2.45) is 11.8 Å². The zero-order valence-electron chi connectivity index (χ0n) is 10.2. The molecule has 92 valence electrons. The molecule has 1 N–H and O–H groups in total. The molecule has 0 aromatic carbocycles. The second-order valence-electron chi connectivity index (χ2n) is 5.27. The van der Waals surface area contributed by atoms with Crippen LogP contribution in [0.3, 0.4) is 0 Å². The molecule has 3 rings (SSSR count). The van der Waals surface area contributed by atoms with Gasteiger partial charge >= 0.3 is 0 Å². The van der Waals surface area contributed by atoms with Gasteiger partial charge in [-0.15, -0.1) is 11.3 Å². The lowest BCUT2D eigenvalue weighted by Gasteiger charge is -2.23. The van der Waals surface area contributed by atoms with Crippen molar-refractivity contribution in [3.63, 3.8) is 0 Å². The van der Waals surface area contributed by atoms with Gasteiger partial charge in [-0.05, 0) is 36.6 Å². The maximum absolute atomic E-state index is 12.1. The van der Waals surface area contributed by atoms with Crippen molar-refractivity contribution in [2.75, 3.05) is 6.54 Å². The van der Waals surface area contributed by atoms with Crippen molar-refractivity contribution in [3.8, 4) is 0 Å². The van der Waals surface area contributed by atoms with Crippen molar-refractivity contribution in [3.05, 3.63) is 22.4 Å². The fourth-order valence-corrected chi connectivity index (χ4v) is 3.35. The van der Waals surface area contributed by atoms with Crippen LogP contribution in [0, 0.1) is 11.8 Å². The van der Waals surface area contributed by atoms with E-state index in [-0.39, 0.29) is 18.1 Å². The van der Waals surface area contributed by atoms with Gasteiger partial charge in [0.15, 0.2) is 0 Å². The second kappa shape index (κ2) is 4.10. The molecule has 4 heteroatoms. The van der Waals surface area contributed by atoms with Gasteiger partial charge in [0, 0.05) is 11.4 Å². The molecule has 1 aliphatic carbocycles. The molecule has 0 radical (unpaired) electrons. The molecule has 2 aliphatic rings. The number of hydrogen-bond acceptors (Lipinski definition) is 3. The molecule has 2 fully saturated rings. The Hall–Kier alpha value is -0.870. The van der Waals surface area contributed by atoms with Crippen LogP contribution < -0.4 is 5.32 Å². The van der Waals surface area contributed by atoms with Crippen molar-refractivity contribution in [1.29, 1.82) is 0 Å². The number of carbonyl (C=O) groups is 1. The minimum Gasteiger partial charge on any atom is -0.320 e. The summed E-state index contributed by atoms with van der Waals surface area (Å²) in [5.41, 5.74) is 0. The number of carbonyl (C=O) groups excluding carboxylic acids is 1. The van der Waals surface area contributed by atoms with Crippen LogP contribution in [0.15, 0.2) is 17.5 Å². The first-order chi connectivity index (χ1) is 8.16. The third-order valence-electron chi connectivity index (χ3n) is 3.89. The lowest BCUT2D eigenvalue weighted by Crippen LogP contribution is -2.32. The predicted octanol–water partition coefficient (Wildman–Crippen LogP) is 2.22. The van der Waals surface area contributed by atoms with Crippen LogP contribution in [0.1, 0.15) is 31.3 Å². The Balaban J connectivity index is 1.79. The van der Waals surface area contributed by atoms with Gasteiger partial charge in [-0.3, -0.25) is 10.1 Å². The van der Waals surface area contributed by atoms with Gasteiger partial charge in [-0.1, -0.05) is 13.0 Å². The largest absolute Gasteiger partial charge is 0.320 e. The molecule has 1 aromatic heterocycles. The van der Waals surface area contributed by atoms with E-state index in [0.29, 0.717) is 5.92 Å². The molecule has 1 amide bonds. The summed E-state index contributed by atoms with van der Waals surface area (Å²) in [5.74, 6) is 1.76. The fraction of sp³-hybridized carbons (Fsp3) is 0.615. The van der Waals surface area contributed by atoms with Gasteiger partial charge in [0.2, 0.25) is 5.91 Å². The Morgan fingerprint density at radius 3 is 2.88 bits per heavy atom. The van der Waals surface area contributed by atoms with Gasteiger partial charge in [0.1, 0.15) is 6.17 Å². The quantitative estimate of drug-likeness (QED) is 0.892. The molecule has 1 saturated heterocycles. The summed E-state index contributed by atoms with van der Waals surface area (Å²) in [6, 6.07) is 4.11. The zero-order valence-corrected chi connectivity index (χ0v) is 11.0. The maximum Gasteiger partial charge on any atom is 0.241 e. The number of nitrogens with one attached hydrogen (secondary N) is 1. The molecule has 0 bridgehead atoms. The first kappa shape index (κ1) is 11.2. The Morgan fingerprint density at radius 2 is 2.29 bits per heavy atom. The molecule has 1 saturated carbocycles. The Bertz CT molecular complexity index is 417. The topological polar surface area (TPSA) is 32.3 Å². The number of rotatable bonds is 3. The van der Waals surface area contributed by atoms with Gasteiger partial charge < -0.3 is 4.90 Å². The summed E-state index contributed by atoms with van der Waals surface area (Å²) in [4.78, 5) is 15.4. The molecule has 1 aliphatic heterocycles. The Labute approximate surface area is 106 Å². The van der Waals surface area contributed by atoms with E-state index in [1.54, 1.807) is 11.3 Å². The van der Waals surface area contributed by atoms with Crippen LogP contribution in [0.25, 0.3) is 0 Å². The summed E-state index contributed by atoms with van der Waals surface area (Å²) < 4.78 is 0. The molecular formula is C13H18N2OS. The molecular weight excluding hydrogens is 232 g/mol. The number of amides is 1. The predicted molar refractivity (Wildman–Crippen MR) is 68.6 cm³/mol. The number of thiophene rings is 1. The normalized spacial score (nSPS) is 36.6. The van der Waals surface area contributed by atoms with E-state index in [4.69, 9.17) is 0 Å². The van der Waals surface area contributed by atoms with Crippen LogP contribution in [-0.4, -0.2) is 23.4 Å². The van der Waals surface area contributed by atoms with Crippen LogP contribution in [-0.2, 0) is 4.79 Å². The van der Waals surface area contributed by atoms with Crippen molar-refractivity contribution in [1.82, 2.24) is 10.2 Å². The van der Waals surface area contributed by atoms with Crippen LogP contribution in [0.4, 0.5) is 0 Å². The highest BCUT2D eigenvalue weighted by Crippen LogP contribution is 2.40. The first-order valence-corrected chi connectivity index (χ1v) is 7.14. The van der Waals surface area contributed by atoms with Crippen molar-refractivity contribution in [2.45, 2.75) is 32.5 Å². The van der Waals surface area contributed by atoms with Crippen molar-refractivity contribution < 1.29 is 4.79 Å². The first-order valence-electron chi connectivity index (χ1n) is 6.26. The Kier molecular flexibility index (Phi) is 2.71. The van der Waals surface area contributed by atoms with Gasteiger partial charge in [0.25, 0.3) is 0 Å². The third kappa shape index (κ3) is 2.00. The smallest absolute Gasteiger partial charge is 0.241 e. The lowest BCUT2D eigenvalue weighted by atomic mass is 10.2. The average Bonchev–Trinajstić information content (AvgIpc) is 2.74. The number of nitrogens with zero attached hydrogens (tertiary/aromatic N) is 1. The number of hydrogen-bond donors (Lipinski definition) is 1. The van der Waals surface area contributed by atoms with Gasteiger partial charge in [-0.25, -0.2) is 0 Å². The van der Waals surface area contributed by atoms with Crippen molar-refractivity contribution >= 4 is 17.2 Å². The lowest BCUT2D eigenvalue weighted by molar-refractivity contribution is -0.130. The van der Waals surface area contributed by atoms with E-state index in [9.17, 15) is 4.79 Å². The highest BCUT2D eigenvalue weighted by atomic mass is 32.1. The molecule has 2 heterocycles. The fourth-order valence-electron chi connectivity index (χ4n) is 2.56. The van der Waals surface area contributed by atoms with E-state index in [1.807, 2.05) is 17.9 Å². The molecule has 1 aromatic rings. The SMILES string of the molecule is CC1NC(c2cccs2)N(CC2CC2C)C1=O. The van der Waals surface area contributed by atoms with E-state index >= 15 is 0 Å². The molecule has 17 heavy (non-hydrogen) atoms. The summed E-state index contributed by atoms with van der Waals surface area (Å²) in [7, 11) is 0. The molecule has 4 atom stereocenters. The summed E-state index contributed by atoms with van der Waals surface area (Å²) >= 11 is 1.72. The van der Waals surface area contributed by atoms with E-state index in [0.717, 1.165) is 12.5 Å². The average molecular weight is 250 g/mol. The molecule has 3 nitrogen and oxygen atoms in total. The van der Waals surface area contributed by atoms with Gasteiger partial charge in [0.05, 0.1) is 6.04 Å². The second-order valence-corrected chi connectivity index (χ2v) is 6.25. The standard InChI is InChI=1S/C13H18N2OS/c1-8-6-10(8)7-15-12(11-4-3-5-17-11)14-9(2)13(15)16/h3-5,8-10,12,14H,6-7H2,1-2H3. The zero-order chi connectivity index (χ0) is 12.0. The van der Waals surface area contributed by atoms with E-state index < -0.39 is 0 Å². The summed E-state index contributed by atoms with van der Waals surface area (Å²) in [6.45, 7) is 5.14. The van der Waals surface area contributed by atoms with Crippen LogP contribution in [0.2, 0.25) is 0 Å². The van der Waals surface area contributed by atoms with Crippen LogP contribution >= 0.6 is 11.3 Å². The highest BCUT2D eigenvalue weighted by Gasteiger charge is 2.42. The minimum atomic E-state index is -0.0452. The summed E-state index contributed by atoms with van der Waals surface area (Å²) in [6.07, 6.45) is 1.38. The third-order valence-corrected chi connectivity index (χ3v) is 4.82. The minimum absolute atomic E-state index is 0.0452. The highest BCUT2D eigenvalue weighted by molar-refractivity contribution is 7.10. The van der Waals surface area contributed by atoms with Crippen LogP contribution in [0.5, 0.6) is 0 Å².